The zero-order valence-electron chi connectivity index (χ0n) is 17.6. The third kappa shape index (κ3) is 6.29. The van der Waals surface area contributed by atoms with E-state index in [4.69, 9.17) is 0 Å². The molecule has 0 heterocycles. The summed E-state index contributed by atoms with van der Waals surface area (Å²) in [5, 5.41) is 41.6. The van der Waals surface area contributed by atoms with Crippen LogP contribution in [-0.2, 0) is 0 Å². The third-order valence-electron chi connectivity index (χ3n) is 5.03. The number of hydrogen-bond acceptors (Lipinski definition) is 5. The maximum atomic E-state index is 10.8. The predicted molar refractivity (Wildman–Crippen MR) is 116 cm³/mol. The van der Waals surface area contributed by atoms with E-state index in [2.05, 4.69) is 5.73 Å². The molecule has 2 rings (SSSR count). The lowest BCUT2D eigenvalue weighted by Crippen LogP contribution is -2.00. The highest BCUT2D eigenvalue weighted by Gasteiger charge is 2.13. The predicted octanol–water partition coefficient (Wildman–Crippen LogP) is 5.35. The van der Waals surface area contributed by atoms with Gasteiger partial charge in [-0.05, 0) is 78.4 Å². The maximum Gasteiger partial charge on any atom is 0.269 e. The van der Waals surface area contributed by atoms with Gasteiger partial charge in [-0.25, -0.2) is 0 Å². The number of aliphatic hydroxyl groups is 2. The molecule has 0 bridgehead atoms. The molecule has 0 aliphatic heterocycles. The zero-order valence-corrected chi connectivity index (χ0v) is 17.6. The summed E-state index contributed by atoms with van der Waals surface area (Å²) in [6, 6.07) is 9.45. The van der Waals surface area contributed by atoms with Gasteiger partial charge in [0.15, 0.2) is 0 Å². The summed E-state index contributed by atoms with van der Waals surface area (Å²) in [7, 11) is 0. The highest BCUT2D eigenvalue weighted by atomic mass is 16.6. The van der Waals surface area contributed by atoms with Crippen LogP contribution in [0, 0.1) is 24.0 Å². The maximum absolute atomic E-state index is 10.8. The summed E-state index contributed by atoms with van der Waals surface area (Å²) < 4.78 is 0. The van der Waals surface area contributed by atoms with E-state index in [0.717, 1.165) is 35.1 Å². The molecule has 0 aliphatic rings. The highest BCUT2D eigenvalue weighted by molar-refractivity contribution is 5.43. The summed E-state index contributed by atoms with van der Waals surface area (Å²) in [4.78, 5) is 10.3. The molecule has 2 aromatic carbocycles. The summed E-state index contributed by atoms with van der Waals surface area (Å²) >= 11 is 0. The third-order valence-corrected chi connectivity index (χ3v) is 5.03. The SMILES string of the molecule is CCCC(=C=CC[C@@H](O)c1cc(C)c(O)c(C)c1)C[C@@H](O)c1ccc([N+](=O)[O-])cc1. The fourth-order valence-electron chi connectivity index (χ4n) is 3.34. The molecule has 0 aliphatic carbocycles. The fraction of sp³-hybridized carbons (Fsp3) is 0.375. The van der Waals surface area contributed by atoms with Crippen LogP contribution in [0.2, 0.25) is 0 Å². The van der Waals surface area contributed by atoms with Gasteiger partial charge in [0.05, 0.1) is 17.1 Å². The van der Waals surface area contributed by atoms with Gasteiger partial charge in [0.2, 0.25) is 0 Å². The van der Waals surface area contributed by atoms with Crippen molar-refractivity contribution in [3.05, 3.63) is 86.1 Å². The Labute approximate surface area is 177 Å². The Morgan fingerprint density at radius 1 is 1.10 bits per heavy atom. The molecular weight excluding hydrogens is 382 g/mol. The molecule has 0 amide bonds. The van der Waals surface area contributed by atoms with Crippen LogP contribution in [0.5, 0.6) is 5.75 Å². The van der Waals surface area contributed by atoms with Gasteiger partial charge in [-0.15, -0.1) is 5.73 Å². The van der Waals surface area contributed by atoms with Gasteiger partial charge in [-0.1, -0.05) is 13.3 Å². The lowest BCUT2D eigenvalue weighted by molar-refractivity contribution is -0.384. The molecule has 0 aromatic heterocycles. The van der Waals surface area contributed by atoms with E-state index in [0.29, 0.717) is 18.4 Å². The first kappa shape index (κ1) is 23.4. The Morgan fingerprint density at radius 3 is 2.23 bits per heavy atom. The molecule has 0 spiro atoms. The molecule has 3 N–H and O–H groups in total. The Balaban J connectivity index is 2.10. The normalized spacial score (nSPS) is 12.7. The molecule has 30 heavy (non-hydrogen) atoms. The van der Waals surface area contributed by atoms with E-state index in [-0.39, 0.29) is 11.4 Å². The molecule has 160 valence electrons. The van der Waals surface area contributed by atoms with Crippen molar-refractivity contribution in [2.45, 2.75) is 58.7 Å². The van der Waals surface area contributed by atoms with Gasteiger partial charge in [0, 0.05) is 25.0 Å². The summed E-state index contributed by atoms with van der Waals surface area (Å²) in [5.41, 5.74) is 6.92. The summed E-state index contributed by atoms with van der Waals surface area (Å²) in [6.45, 7) is 5.64. The second-order valence-corrected chi connectivity index (χ2v) is 7.53. The van der Waals surface area contributed by atoms with E-state index < -0.39 is 17.1 Å². The number of phenols is 1. The lowest BCUT2D eigenvalue weighted by atomic mass is 9.98. The number of rotatable bonds is 9. The van der Waals surface area contributed by atoms with Crippen molar-refractivity contribution in [3.8, 4) is 5.75 Å². The van der Waals surface area contributed by atoms with Gasteiger partial charge in [0.1, 0.15) is 5.75 Å². The quantitative estimate of drug-likeness (QED) is 0.293. The van der Waals surface area contributed by atoms with Crippen molar-refractivity contribution in [2.75, 3.05) is 0 Å². The van der Waals surface area contributed by atoms with Crippen LogP contribution in [0.25, 0.3) is 0 Å². The van der Waals surface area contributed by atoms with Gasteiger partial charge in [0.25, 0.3) is 5.69 Å². The topological polar surface area (TPSA) is 104 Å². The molecule has 2 atom stereocenters. The van der Waals surface area contributed by atoms with Gasteiger partial charge < -0.3 is 15.3 Å². The van der Waals surface area contributed by atoms with E-state index >= 15 is 0 Å². The van der Waals surface area contributed by atoms with Crippen LogP contribution in [0.3, 0.4) is 0 Å². The average molecular weight is 411 g/mol. The Bertz CT molecular complexity index is 920. The minimum atomic E-state index is -0.777. The molecule has 0 unspecified atom stereocenters. The van der Waals surface area contributed by atoms with Crippen molar-refractivity contribution in [3.63, 3.8) is 0 Å². The van der Waals surface area contributed by atoms with Crippen molar-refractivity contribution in [1.82, 2.24) is 0 Å². The molecular formula is C24H29NO5. The smallest absolute Gasteiger partial charge is 0.269 e. The van der Waals surface area contributed by atoms with Crippen LogP contribution in [0.4, 0.5) is 5.69 Å². The van der Waals surface area contributed by atoms with Crippen LogP contribution in [-0.4, -0.2) is 20.2 Å². The Hall–Kier alpha value is -2.92. The molecule has 0 radical (unpaired) electrons. The molecule has 6 nitrogen and oxygen atoms in total. The number of phenolic OH excluding ortho intramolecular Hbond substituents is 1. The number of nitrogens with zero attached hydrogens (tertiary/aromatic N) is 1. The van der Waals surface area contributed by atoms with Gasteiger partial charge in [-0.2, -0.15) is 0 Å². The second-order valence-electron chi connectivity index (χ2n) is 7.53. The minimum absolute atomic E-state index is 0.0103. The summed E-state index contributed by atoms with van der Waals surface area (Å²) in [6.07, 6.45) is 2.67. The standard InChI is InChI=1S/C24H29NO5/c1-4-6-18(15-23(27)19-9-11-21(12-10-19)25(29)30)7-5-8-22(26)20-13-16(2)24(28)17(3)14-20/h5,9-14,22-23,26-28H,4,6,8,15H2,1-3H3/t7?,22-,23-/m1/s1. The van der Waals surface area contributed by atoms with Crippen LogP contribution < -0.4 is 0 Å². The molecule has 6 heteroatoms. The van der Waals surface area contributed by atoms with E-state index in [1.165, 1.54) is 12.1 Å². The number of aryl methyl sites for hydroxylation is 2. The monoisotopic (exact) mass is 411 g/mol. The average Bonchev–Trinajstić information content (AvgIpc) is 2.71. The molecule has 0 fully saturated rings. The van der Waals surface area contributed by atoms with E-state index in [1.54, 1.807) is 44.2 Å². The number of aromatic hydroxyl groups is 1. The number of non-ortho nitro benzene ring substituents is 1. The largest absolute Gasteiger partial charge is 0.507 e. The van der Waals surface area contributed by atoms with Crippen molar-refractivity contribution >= 4 is 5.69 Å². The number of benzene rings is 2. The van der Waals surface area contributed by atoms with Gasteiger partial charge >= 0.3 is 0 Å². The molecule has 0 saturated heterocycles. The first-order valence-electron chi connectivity index (χ1n) is 10.1. The van der Waals surface area contributed by atoms with E-state index in [1.807, 2.05) is 6.92 Å². The summed E-state index contributed by atoms with van der Waals surface area (Å²) in [5.74, 6) is 0.242. The minimum Gasteiger partial charge on any atom is -0.507 e. The number of hydrogen-bond donors (Lipinski definition) is 3. The zero-order chi connectivity index (χ0) is 22.3. The number of nitro benzene ring substituents is 1. The fourth-order valence-corrected chi connectivity index (χ4v) is 3.34. The van der Waals surface area contributed by atoms with Gasteiger partial charge in [-0.3, -0.25) is 10.1 Å². The first-order valence-corrected chi connectivity index (χ1v) is 10.1. The number of nitro groups is 1. The van der Waals surface area contributed by atoms with Crippen molar-refractivity contribution < 1.29 is 20.2 Å². The highest BCUT2D eigenvalue weighted by Crippen LogP contribution is 2.28. The Kier molecular flexibility index (Phi) is 8.36. The van der Waals surface area contributed by atoms with E-state index in [9.17, 15) is 25.4 Å². The van der Waals surface area contributed by atoms with Crippen molar-refractivity contribution in [2.24, 2.45) is 0 Å². The Morgan fingerprint density at radius 2 is 1.70 bits per heavy atom. The van der Waals surface area contributed by atoms with Crippen LogP contribution >= 0.6 is 0 Å². The molecule has 2 aromatic rings. The van der Waals surface area contributed by atoms with Crippen molar-refractivity contribution in [1.29, 1.82) is 0 Å². The lowest BCUT2D eigenvalue weighted by Gasteiger charge is -2.13. The second kappa shape index (κ2) is 10.7. The van der Waals surface area contributed by atoms with Crippen LogP contribution in [0.15, 0.2) is 53.8 Å². The molecule has 0 saturated carbocycles. The van der Waals surface area contributed by atoms with Crippen LogP contribution in [0.1, 0.15) is 67.1 Å². The first-order chi connectivity index (χ1) is 14.2. The number of aliphatic hydroxyl groups excluding tert-OH is 2.